The molecular weight excluding hydrogens is 366 g/mol. The van der Waals surface area contributed by atoms with E-state index in [0.717, 1.165) is 35.5 Å². The van der Waals surface area contributed by atoms with E-state index in [1.54, 1.807) is 0 Å². The van der Waals surface area contributed by atoms with Crippen molar-refractivity contribution in [2.75, 3.05) is 6.54 Å². The topological polar surface area (TPSA) is 78.5 Å². The monoisotopic (exact) mass is 401 g/mol. The average Bonchev–Trinajstić information content (AvgIpc) is 2.87. The summed E-state index contributed by atoms with van der Waals surface area (Å²) in [5.41, 5.74) is -0.544. The second kappa shape index (κ2) is 6.71. The molecule has 6 aliphatic rings. The lowest BCUT2D eigenvalue weighted by Gasteiger charge is -2.59. The molecule has 29 heavy (non-hydrogen) atoms. The minimum Gasteiger partial charge on any atom is -0.352 e. The zero-order chi connectivity index (χ0) is 20.4. The highest BCUT2D eigenvalue weighted by Crippen LogP contribution is 2.61. The van der Waals surface area contributed by atoms with Crippen molar-refractivity contribution >= 4 is 17.8 Å². The molecule has 1 heterocycles. The molecule has 0 aromatic heterocycles. The van der Waals surface area contributed by atoms with Crippen molar-refractivity contribution in [3.05, 3.63) is 0 Å². The van der Waals surface area contributed by atoms with Crippen molar-refractivity contribution in [3.63, 3.8) is 0 Å². The summed E-state index contributed by atoms with van der Waals surface area (Å²) in [5, 5.41) is 6.10. The predicted octanol–water partition coefficient (Wildman–Crippen LogP) is 3.21. The van der Waals surface area contributed by atoms with Gasteiger partial charge in [0.1, 0.15) is 12.1 Å². The maximum Gasteiger partial charge on any atom is 0.325 e. The van der Waals surface area contributed by atoms with Crippen molar-refractivity contribution < 1.29 is 14.4 Å². The summed E-state index contributed by atoms with van der Waals surface area (Å²) in [6.45, 7) is 4.17. The Labute approximate surface area is 173 Å². The summed E-state index contributed by atoms with van der Waals surface area (Å²) in [6, 6.07) is -0.296. The Hall–Kier alpha value is -1.59. The van der Waals surface area contributed by atoms with Crippen LogP contribution in [0.15, 0.2) is 0 Å². The van der Waals surface area contributed by atoms with Crippen molar-refractivity contribution in [2.45, 2.75) is 89.6 Å². The second-order valence-electron chi connectivity index (χ2n) is 11.2. The molecule has 1 saturated heterocycles. The van der Waals surface area contributed by atoms with Gasteiger partial charge in [-0.1, -0.05) is 6.92 Å². The van der Waals surface area contributed by atoms with Crippen LogP contribution in [0.1, 0.15) is 78.1 Å². The van der Waals surface area contributed by atoms with Crippen LogP contribution in [0.2, 0.25) is 0 Å². The van der Waals surface area contributed by atoms with Gasteiger partial charge in [-0.25, -0.2) is 4.79 Å². The summed E-state index contributed by atoms with van der Waals surface area (Å²) in [4.78, 5) is 39.5. The Morgan fingerprint density at radius 3 is 2.21 bits per heavy atom. The summed E-state index contributed by atoms with van der Waals surface area (Å²) < 4.78 is 0. The molecule has 5 saturated carbocycles. The maximum absolute atomic E-state index is 13.0. The predicted molar refractivity (Wildman–Crippen MR) is 109 cm³/mol. The van der Waals surface area contributed by atoms with E-state index in [-0.39, 0.29) is 29.8 Å². The van der Waals surface area contributed by atoms with E-state index < -0.39 is 11.6 Å². The van der Waals surface area contributed by atoms with E-state index in [2.05, 4.69) is 24.5 Å². The smallest absolute Gasteiger partial charge is 0.325 e. The third-order valence-corrected chi connectivity index (χ3v) is 9.06. The summed E-state index contributed by atoms with van der Waals surface area (Å²) >= 11 is 0. The largest absolute Gasteiger partial charge is 0.352 e. The molecule has 5 aliphatic carbocycles. The lowest BCUT2D eigenvalue weighted by atomic mass is 9.48. The molecule has 0 aromatic carbocycles. The standard InChI is InChI=1S/C23H35N3O3/c1-14-3-5-23(6-4-14)20(28)26(21(29)25-23)13-19(27)24-15(2)22-10-16-7-17(11-22)9-18(8-16)12-22/h14-18H,3-13H2,1-2H3,(H,24,27)(H,25,29)/t14?,15-,16?,17?,18?,22?,23?/m0/s1. The third-order valence-electron chi connectivity index (χ3n) is 9.06. The highest BCUT2D eigenvalue weighted by molar-refractivity contribution is 6.09. The van der Waals surface area contributed by atoms with Crippen LogP contribution in [0.3, 0.4) is 0 Å². The van der Waals surface area contributed by atoms with Crippen LogP contribution in [-0.4, -0.2) is 40.9 Å². The Kier molecular flexibility index (Phi) is 4.48. The SMILES string of the molecule is CC1CCC2(CC1)NC(=O)N(CC(=O)N[C@@H](C)C13CC4CC(CC(C4)C1)C3)C2=O. The van der Waals surface area contributed by atoms with Gasteiger partial charge in [-0.2, -0.15) is 0 Å². The first-order valence-electron chi connectivity index (χ1n) is 11.7. The van der Waals surface area contributed by atoms with Crippen LogP contribution >= 0.6 is 0 Å². The molecule has 0 aromatic rings. The molecule has 1 spiro atoms. The molecule has 4 amide bonds. The number of carbonyl (C=O) groups is 3. The third kappa shape index (κ3) is 3.17. The van der Waals surface area contributed by atoms with E-state index in [9.17, 15) is 14.4 Å². The van der Waals surface area contributed by atoms with Crippen LogP contribution in [0.4, 0.5) is 4.79 Å². The zero-order valence-corrected chi connectivity index (χ0v) is 17.8. The van der Waals surface area contributed by atoms with Gasteiger partial charge in [-0.15, -0.1) is 0 Å². The first-order valence-corrected chi connectivity index (χ1v) is 11.7. The number of carbonyl (C=O) groups excluding carboxylic acids is 3. The number of amides is 4. The average molecular weight is 402 g/mol. The van der Waals surface area contributed by atoms with Gasteiger partial charge in [-0.05, 0) is 100 Å². The van der Waals surface area contributed by atoms with Crippen LogP contribution < -0.4 is 10.6 Å². The van der Waals surface area contributed by atoms with E-state index in [1.165, 1.54) is 38.5 Å². The molecule has 6 rings (SSSR count). The number of nitrogens with zero attached hydrogens (tertiary/aromatic N) is 1. The molecule has 2 N–H and O–H groups in total. The molecule has 0 radical (unpaired) electrons. The van der Waals surface area contributed by atoms with E-state index in [0.29, 0.717) is 18.8 Å². The molecule has 6 nitrogen and oxygen atoms in total. The normalized spacial score (nSPS) is 44.3. The lowest BCUT2D eigenvalue weighted by Crippen LogP contribution is -2.57. The van der Waals surface area contributed by atoms with Gasteiger partial charge in [-0.3, -0.25) is 14.5 Å². The zero-order valence-electron chi connectivity index (χ0n) is 17.8. The van der Waals surface area contributed by atoms with Crippen LogP contribution in [0.25, 0.3) is 0 Å². The number of hydrogen-bond donors (Lipinski definition) is 2. The van der Waals surface area contributed by atoms with Crippen LogP contribution in [0, 0.1) is 29.1 Å². The van der Waals surface area contributed by atoms with Crippen molar-refractivity contribution in [2.24, 2.45) is 29.1 Å². The van der Waals surface area contributed by atoms with Gasteiger partial charge in [0, 0.05) is 6.04 Å². The molecule has 6 fully saturated rings. The van der Waals surface area contributed by atoms with Gasteiger partial charge in [0.2, 0.25) is 5.91 Å². The Morgan fingerprint density at radius 2 is 1.66 bits per heavy atom. The molecule has 1 atom stereocenters. The van der Waals surface area contributed by atoms with Gasteiger partial charge < -0.3 is 10.6 Å². The maximum atomic E-state index is 13.0. The number of urea groups is 1. The van der Waals surface area contributed by atoms with E-state index in [4.69, 9.17) is 0 Å². The van der Waals surface area contributed by atoms with Crippen molar-refractivity contribution in [1.82, 2.24) is 15.5 Å². The second-order valence-corrected chi connectivity index (χ2v) is 11.2. The Morgan fingerprint density at radius 1 is 1.10 bits per heavy atom. The van der Waals surface area contributed by atoms with E-state index >= 15 is 0 Å². The van der Waals surface area contributed by atoms with Crippen molar-refractivity contribution in [1.29, 1.82) is 0 Å². The summed E-state index contributed by atoms with van der Waals surface area (Å²) in [7, 11) is 0. The van der Waals surface area contributed by atoms with Gasteiger partial charge in [0.05, 0.1) is 0 Å². The van der Waals surface area contributed by atoms with Gasteiger partial charge in [0.15, 0.2) is 0 Å². The van der Waals surface area contributed by atoms with E-state index in [1.807, 2.05) is 0 Å². The Balaban J connectivity index is 1.22. The van der Waals surface area contributed by atoms with Gasteiger partial charge >= 0.3 is 6.03 Å². The fraction of sp³-hybridized carbons (Fsp3) is 0.870. The fourth-order valence-corrected chi connectivity index (χ4v) is 7.71. The first kappa shape index (κ1) is 19.4. The molecule has 1 aliphatic heterocycles. The first-order chi connectivity index (χ1) is 13.8. The quantitative estimate of drug-likeness (QED) is 0.710. The molecule has 4 bridgehead atoms. The molecular formula is C23H35N3O3. The highest BCUT2D eigenvalue weighted by atomic mass is 16.2. The summed E-state index contributed by atoms with van der Waals surface area (Å²) in [5.74, 6) is 2.69. The number of imide groups is 1. The van der Waals surface area contributed by atoms with Gasteiger partial charge in [0.25, 0.3) is 5.91 Å². The molecule has 6 heteroatoms. The lowest BCUT2D eigenvalue weighted by molar-refractivity contribution is -0.137. The minimum absolute atomic E-state index is 0.105. The number of nitrogens with one attached hydrogen (secondary N) is 2. The number of hydrogen-bond acceptors (Lipinski definition) is 3. The minimum atomic E-state index is -0.768. The fourth-order valence-electron chi connectivity index (χ4n) is 7.71. The Bertz CT molecular complexity index is 690. The van der Waals surface area contributed by atoms with Crippen molar-refractivity contribution in [3.8, 4) is 0 Å². The number of rotatable bonds is 4. The summed E-state index contributed by atoms with van der Waals surface area (Å²) in [6.07, 6.45) is 11.1. The van der Waals surface area contributed by atoms with Crippen LogP contribution in [-0.2, 0) is 9.59 Å². The highest BCUT2D eigenvalue weighted by Gasteiger charge is 2.54. The molecule has 0 unspecified atom stereocenters. The van der Waals surface area contributed by atoms with Crippen LogP contribution in [0.5, 0.6) is 0 Å². The molecule has 160 valence electrons.